The van der Waals surface area contributed by atoms with Crippen LogP contribution in [0.4, 0.5) is 13.2 Å². The van der Waals surface area contributed by atoms with E-state index in [0.29, 0.717) is 24.1 Å². The third-order valence-corrected chi connectivity index (χ3v) is 6.03. The van der Waals surface area contributed by atoms with Gasteiger partial charge in [-0.3, -0.25) is 9.59 Å². The first-order chi connectivity index (χ1) is 15.7. The Bertz CT molecular complexity index is 1160. The Kier molecular flexibility index (Phi) is 5.97. The van der Waals surface area contributed by atoms with E-state index in [0.717, 1.165) is 23.3 Å². The number of nitrogens with zero attached hydrogens (tertiary/aromatic N) is 1. The first kappa shape index (κ1) is 22.6. The summed E-state index contributed by atoms with van der Waals surface area (Å²) >= 11 is 0. The maximum Gasteiger partial charge on any atom is 0.416 e. The Morgan fingerprint density at radius 2 is 1.58 bits per heavy atom. The predicted octanol–water partition coefficient (Wildman–Crippen LogP) is 4.98. The lowest BCUT2D eigenvalue weighted by atomic mass is 9.82. The number of nitrogens with one attached hydrogen (secondary N) is 1. The molecule has 7 heteroatoms. The van der Waals surface area contributed by atoms with E-state index in [4.69, 9.17) is 0 Å². The van der Waals surface area contributed by atoms with E-state index in [-0.39, 0.29) is 18.4 Å². The topological polar surface area (TPSA) is 49.4 Å². The molecule has 0 aliphatic carbocycles. The molecule has 33 heavy (non-hydrogen) atoms. The summed E-state index contributed by atoms with van der Waals surface area (Å²) in [5, 5.41) is 2.92. The fourth-order valence-electron chi connectivity index (χ4n) is 4.12. The molecular formula is C26H23F3N2O2. The van der Waals surface area contributed by atoms with Crippen LogP contribution in [0.1, 0.15) is 39.5 Å². The van der Waals surface area contributed by atoms with Crippen LogP contribution in [-0.4, -0.2) is 22.3 Å². The highest BCUT2D eigenvalue weighted by molar-refractivity contribution is 6.02. The Morgan fingerprint density at radius 3 is 2.24 bits per heavy atom. The van der Waals surface area contributed by atoms with Gasteiger partial charge in [-0.05, 0) is 41.8 Å². The molecule has 1 aliphatic rings. The van der Waals surface area contributed by atoms with E-state index in [2.05, 4.69) is 5.32 Å². The molecule has 0 fully saturated rings. The number of rotatable bonds is 5. The molecule has 170 valence electrons. The van der Waals surface area contributed by atoms with Crippen molar-refractivity contribution in [2.45, 2.75) is 38.1 Å². The van der Waals surface area contributed by atoms with E-state index in [1.54, 1.807) is 19.1 Å². The standard InChI is InChI=1S/C26H23F3N2O2/c1-25(24(33)30-16-18-7-3-2-4-8-18)15-20-9-5-6-10-22(20)23(32)31(25)17-19-11-13-21(14-12-19)26(27,28)29/h2-14H,15-17H2,1H3,(H,30,33)/t25-/m0/s1. The molecular weight excluding hydrogens is 429 g/mol. The minimum absolute atomic E-state index is 0.0144. The number of alkyl halides is 3. The number of halogens is 3. The number of hydrogen-bond donors (Lipinski definition) is 1. The summed E-state index contributed by atoms with van der Waals surface area (Å²) in [5.74, 6) is -0.643. The molecule has 2 amide bonds. The van der Waals surface area contributed by atoms with Crippen molar-refractivity contribution >= 4 is 11.8 Å². The molecule has 0 unspecified atom stereocenters. The zero-order chi connectivity index (χ0) is 23.6. The second-order valence-electron chi connectivity index (χ2n) is 8.36. The second kappa shape index (κ2) is 8.73. The maximum absolute atomic E-state index is 13.4. The first-order valence-electron chi connectivity index (χ1n) is 10.6. The van der Waals surface area contributed by atoms with E-state index in [1.807, 2.05) is 42.5 Å². The lowest BCUT2D eigenvalue weighted by Gasteiger charge is -2.44. The van der Waals surface area contributed by atoms with Gasteiger partial charge in [-0.1, -0.05) is 60.7 Å². The summed E-state index contributed by atoms with van der Waals surface area (Å²) in [4.78, 5) is 28.2. The SMILES string of the molecule is C[C@@]1(C(=O)NCc2ccccc2)Cc2ccccc2C(=O)N1Cc1ccc(C(F)(F)F)cc1. The molecule has 0 saturated heterocycles. The summed E-state index contributed by atoms with van der Waals surface area (Å²) in [6, 6.07) is 21.2. The van der Waals surface area contributed by atoms with Gasteiger partial charge in [0.2, 0.25) is 5.91 Å². The normalized spacial score (nSPS) is 18.1. The van der Waals surface area contributed by atoms with Crippen molar-refractivity contribution in [2.24, 2.45) is 0 Å². The van der Waals surface area contributed by atoms with Crippen molar-refractivity contribution < 1.29 is 22.8 Å². The summed E-state index contributed by atoms with van der Waals surface area (Å²) in [6.45, 7) is 2.02. The highest BCUT2D eigenvalue weighted by atomic mass is 19.4. The van der Waals surface area contributed by atoms with Gasteiger partial charge in [0.05, 0.1) is 5.56 Å². The Hall–Kier alpha value is -3.61. The van der Waals surface area contributed by atoms with Gasteiger partial charge in [0.1, 0.15) is 5.54 Å². The van der Waals surface area contributed by atoms with Crippen LogP contribution < -0.4 is 5.32 Å². The summed E-state index contributed by atoms with van der Waals surface area (Å²) in [7, 11) is 0. The number of hydrogen-bond acceptors (Lipinski definition) is 2. The summed E-state index contributed by atoms with van der Waals surface area (Å²) in [6.07, 6.45) is -4.14. The molecule has 0 saturated carbocycles. The predicted molar refractivity (Wildman–Crippen MR) is 118 cm³/mol. The smallest absolute Gasteiger partial charge is 0.350 e. The van der Waals surface area contributed by atoms with Gasteiger partial charge in [0.25, 0.3) is 5.91 Å². The van der Waals surface area contributed by atoms with Crippen LogP contribution in [0.2, 0.25) is 0 Å². The van der Waals surface area contributed by atoms with Crippen LogP contribution in [-0.2, 0) is 30.5 Å². The number of fused-ring (bicyclic) bond motifs is 1. The maximum atomic E-state index is 13.4. The van der Waals surface area contributed by atoms with Gasteiger partial charge < -0.3 is 10.2 Å². The first-order valence-corrected chi connectivity index (χ1v) is 10.6. The van der Waals surface area contributed by atoms with Crippen LogP contribution in [0.15, 0.2) is 78.9 Å². The van der Waals surface area contributed by atoms with Gasteiger partial charge in [0.15, 0.2) is 0 Å². The average Bonchev–Trinajstić information content (AvgIpc) is 2.80. The number of amides is 2. The molecule has 0 radical (unpaired) electrons. The van der Waals surface area contributed by atoms with Crippen molar-refractivity contribution in [3.05, 3.63) is 107 Å². The van der Waals surface area contributed by atoms with Gasteiger partial charge in [-0.2, -0.15) is 13.2 Å². The van der Waals surface area contributed by atoms with E-state index >= 15 is 0 Å². The summed E-state index contributed by atoms with van der Waals surface area (Å²) in [5.41, 5.74) is 0.735. The average molecular weight is 452 g/mol. The minimum Gasteiger partial charge on any atom is -0.350 e. The number of carbonyl (C=O) groups excluding carboxylic acids is 2. The van der Waals surface area contributed by atoms with Crippen molar-refractivity contribution in [2.75, 3.05) is 0 Å². The highest BCUT2D eigenvalue weighted by Gasteiger charge is 2.46. The molecule has 1 aliphatic heterocycles. The molecule has 1 heterocycles. The van der Waals surface area contributed by atoms with Crippen molar-refractivity contribution in [1.82, 2.24) is 10.2 Å². The van der Waals surface area contributed by atoms with Crippen LogP contribution in [0.5, 0.6) is 0 Å². The van der Waals surface area contributed by atoms with Crippen LogP contribution in [0.25, 0.3) is 0 Å². The Labute approximate surface area is 190 Å². The lowest BCUT2D eigenvalue weighted by Crippen LogP contribution is -2.62. The Balaban J connectivity index is 1.63. The highest BCUT2D eigenvalue weighted by Crippen LogP contribution is 2.34. The van der Waals surface area contributed by atoms with Gasteiger partial charge in [-0.25, -0.2) is 0 Å². The molecule has 0 spiro atoms. The molecule has 4 nitrogen and oxygen atoms in total. The fraction of sp³-hybridized carbons (Fsp3) is 0.231. The quantitative estimate of drug-likeness (QED) is 0.594. The molecule has 1 N–H and O–H groups in total. The van der Waals surface area contributed by atoms with E-state index in [9.17, 15) is 22.8 Å². The number of benzene rings is 3. The second-order valence-corrected chi connectivity index (χ2v) is 8.36. The zero-order valence-electron chi connectivity index (χ0n) is 18.0. The van der Waals surface area contributed by atoms with E-state index in [1.165, 1.54) is 17.0 Å². The monoisotopic (exact) mass is 452 g/mol. The van der Waals surface area contributed by atoms with Crippen molar-refractivity contribution in [3.63, 3.8) is 0 Å². The number of carbonyl (C=O) groups is 2. The summed E-state index contributed by atoms with van der Waals surface area (Å²) < 4.78 is 38.8. The molecule has 0 bridgehead atoms. The van der Waals surface area contributed by atoms with Gasteiger partial charge in [-0.15, -0.1) is 0 Å². The fourth-order valence-corrected chi connectivity index (χ4v) is 4.12. The molecule has 1 atom stereocenters. The lowest BCUT2D eigenvalue weighted by molar-refractivity contribution is -0.137. The van der Waals surface area contributed by atoms with Crippen molar-refractivity contribution in [3.8, 4) is 0 Å². The molecule has 3 aromatic carbocycles. The molecule has 0 aromatic heterocycles. The largest absolute Gasteiger partial charge is 0.416 e. The van der Waals surface area contributed by atoms with Crippen LogP contribution >= 0.6 is 0 Å². The van der Waals surface area contributed by atoms with Crippen LogP contribution in [0.3, 0.4) is 0 Å². The van der Waals surface area contributed by atoms with Crippen LogP contribution in [0, 0.1) is 0 Å². The minimum atomic E-state index is -4.44. The third-order valence-electron chi connectivity index (χ3n) is 6.03. The Morgan fingerprint density at radius 1 is 0.939 bits per heavy atom. The molecule has 3 aromatic rings. The molecule has 4 rings (SSSR count). The van der Waals surface area contributed by atoms with Gasteiger partial charge in [0, 0.05) is 25.1 Å². The van der Waals surface area contributed by atoms with E-state index < -0.39 is 17.3 Å². The third kappa shape index (κ3) is 4.62. The van der Waals surface area contributed by atoms with Crippen molar-refractivity contribution in [1.29, 1.82) is 0 Å². The van der Waals surface area contributed by atoms with Gasteiger partial charge >= 0.3 is 6.18 Å². The zero-order valence-corrected chi connectivity index (χ0v) is 18.0.